The van der Waals surface area contributed by atoms with Gasteiger partial charge in [0.1, 0.15) is 11.3 Å². The third-order valence-corrected chi connectivity index (χ3v) is 10.4. The van der Waals surface area contributed by atoms with Gasteiger partial charge in [0, 0.05) is 54.4 Å². The fourth-order valence-corrected chi connectivity index (χ4v) is 7.79. The predicted octanol–water partition coefficient (Wildman–Crippen LogP) is 4.61. The molecule has 9 nitrogen and oxygen atoms in total. The van der Waals surface area contributed by atoms with Crippen molar-refractivity contribution in [1.29, 1.82) is 0 Å². The summed E-state index contributed by atoms with van der Waals surface area (Å²) in [4.78, 5) is 41.1. The van der Waals surface area contributed by atoms with Crippen molar-refractivity contribution < 1.29 is 9.90 Å². The van der Waals surface area contributed by atoms with Gasteiger partial charge in [-0.05, 0) is 56.5 Å². The van der Waals surface area contributed by atoms with E-state index in [4.69, 9.17) is 0 Å². The minimum absolute atomic E-state index is 0.0916. The lowest BCUT2D eigenvalue weighted by Crippen LogP contribution is -2.53. The van der Waals surface area contributed by atoms with Gasteiger partial charge in [-0.1, -0.05) is 48.5 Å². The third-order valence-electron chi connectivity index (χ3n) is 9.44. The summed E-state index contributed by atoms with van der Waals surface area (Å²) in [7, 11) is 0. The van der Waals surface area contributed by atoms with Crippen molar-refractivity contribution in [1.82, 2.24) is 28.9 Å². The van der Waals surface area contributed by atoms with Gasteiger partial charge in [-0.15, -0.1) is 11.3 Å². The highest BCUT2D eigenvalue weighted by molar-refractivity contribution is 7.09. The Labute approximate surface area is 266 Å². The Kier molecular flexibility index (Phi) is 8.12. The average Bonchev–Trinajstić information content (AvgIpc) is 3.69. The molecule has 232 valence electrons. The maximum absolute atomic E-state index is 14.0. The lowest BCUT2D eigenvalue weighted by Gasteiger charge is -2.43. The highest BCUT2D eigenvalue weighted by Gasteiger charge is 2.41. The molecule has 2 saturated heterocycles. The van der Waals surface area contributed by atoms with Crippen LogP contribution in [0.5, 0.6) is 0 Å². The normalized spacial score (nSPS) is 20.4. The van der Waals surface area contributed by atoms with Crippen molar-refractivity contribution in [3.05, 3.63) is 111 Å². The third kappa shape index (κ3) is 6.10. The molecule has 2 aliphatic rings. The number of para-hydroxylation sites is 1. The second-order valence-corrected chi connectivity index (χ2v) is 13.5. The number of hydrogen-bond donors (Lipinski definition) is 1. The second kappa shape index (κ2) is 12.3. The molecular weight excluding hydrogens is 584 g/mol. The van der Waals surface area contributed by atoms with Gasteiger partial charge in [0.2, 0.25) is 5.91 Å². The standard InChI is InChI=1S/C35H38N6O3S/c1-25-22-45-31(37-25)21-38-16-12-28(30(20-38)26-8-4-2-5-9-26)33(42)39-18-14-35(44,15-19-39)23-40-24-36-32-29(34(40)43)13-17-41(32)27-10-6-3-7-11-27/h2-11,13,17,22,24,28,30,44H,12,14-16,18-21,23H2,1H3/t28-,30+/m1/s1. The highest BCUT2D eigenvalue weighted by atomic mass is 32.1. The summed E-state index contributed by atoms with van der Waals surface area (Å²) in [6.07, 6.45) is 4.99. The van der Waals surface area contributed by atoms with Gasteiger partial charge in [-0.3, -0.25) is 19.1 Å². The molecular formula is C35H38N6O3S. The molecule has 2 aromatic carbocycles. The molecule has 3 aromatic heterocycles. The molecule has 0 aliphatic carbocycles. The number of likely N-dealkylation sites (tertiary alicyclic amines) is 2. The summed E-state index contributed by atoms with van der Waals surface area (Å²) >= 11 is 1.69. The van der Waals surface area contributed by atoms with E-state index in [0.717, 1.165) is 42.4 Å². The van der Waals surface area contributed by atoms with Crippen LogP contribution in [0.4, 0.5) is 0 Å². The van der Waals surface area contributed by atoms with Crippen molar-refractivity contribution in [3.63, 3.8) is 0 Å². The molecule has 1 N–H and O–H groups in total. The molecule has 0 saturated carbocycles. The van der Waals surface area contributed by atoms with E-state index in [-0.39, 0.29) is 29.8 Å². The van der Waals surface area contributed by atoms with Crippen LogP contribution in [0.3, 0.4) is 0 Å². The van der Waals surface area contributed by atoms with Crippen molar-refractivity contribution in [3.8, 4) is 5.69 Å². The molecule has 7 rings (SSSR count). The second-order valence-electron chi connectivity index (χ2n) is 12.5. The molecule has 0 unspecified atom stereocenters. The van der Waals surface area contributed by atoms with E-state index in [2.05, 4.69) is 32.4 Å². The number of fused-ring (bicyclic) bond motifs is 1. The van der Waals surface area contributed by atoms with Gasteiger partial charge >= 0.3 is 0 Å². The predicted molar refractivity (Wildman–Crippen MR) is 176 cm³/mol. The first kappa shape index (κ1) is 29.6. The first-order valence-electron chi connectivity index (χ1n) is 15.7. The molecule has 2 fully saturated rings. The monoisotopic (exact) mass is 622 g/mol. The molecule has 5 heterocycles. The molecule has 0 radical (unpaired) electrons. The maximum Gasteiger partial charge on any atom is 0.262 e. The van der Waals surface area contributed by atoms with Gasteiger partial charge in [-0.25, -0.2) is 9.97 Å². The van der Waals surface area contributed by atoms with E-state index in [0.29, 0.717) is 37.0 Å². The molecule has 5 aromatic rings. The molecule has 10 heteroatoms. The Morgan fingerprint density at radius 2 is 1.76 bits per heavy atom. The summed E-state index contributed by atoms with van der Waals surface area (Å²) < 4.78 is 3.41. The van der Waals surface area contributed by atoms with Gasteiger partial charge in [-0.2, -0.15) is 0 Å². The molecule has 1 amide bonds. The number of thiazole rings is 1. The van der Waals surface area contributed by atoms with E-state index >= 15 is 0 Å². The zero-order valence-electron chi connectivity index (χ0n) is 25.5. The number of aliphatic hydroxyl groups is 1. The van der Waals surface area contributed by atoms with Crippen LogP contribution in [0.1, 0.15) is 41.4 Å². The van der Waals surface area contributed by atoms with Crippen molar-refractivity contribution in [2.45, 2.75) is 50.8 Å². The average molecular weight is 623 g/mol. The SMILES string of the molecule is Cc1csc(CN2CC[C@@H](C(=O)N3CCC(O)(Cn4cnc5c(ccn5-c5ccccc5)c4=O)CC3)[C@H](c3ccccc3)C2)n1. The van der Waals surface area contributed by atoms with Gasteiger partial charge in [0.05, 0.1) is 24.1 Å². The minimum atomic E-state index is -1.09. The maximum atomic E-state index is 14.0. The highest BCUT2D eigenvalue weighted by Crippen LogP contribution is 2.36. The molecule has 0 spiro atoms. The van der Waals surface area contributed by atoms with Crippen LogP contribution in [-0.4, -0.2) is 71.7 Å². The number of aromatic nitrogens is 4. The number of hydrogen-bond acceptors (Lipinski definition) is 7. The van der Waals surface area contributed by atoms with Gasteiger partial charge in [0.25, 0.3) is 5.56 Å². The molecule has 0 bridgehead atoms. The Hall–Kier alpha value is -4.12. The number of carbonyl (C=O) groups excluding carboxylic acids is 1. The van der Waals surface area contributed by atoms with Crippen LogP contribution >= 0.6 is 11.3 Å². The molecule has 45 heavy (non-hydrogen) atoms. The van der Waals surface area contributed by atoms with Crippen LogP contribution in [0, 0.1) is 12.8 Å². The van der Waals surface area contributed by atoms with E-state index in [1.807, 2.05) is 71.1 Å². The van der Waals surface area contributed by atoms with Crippen LogP contribution < -0.4 is 5.56 Å². The number of amides is 1. The fraction of sp³-hybridized carbons (Fsp3) is 0.371. The number of carbonyl (C=O) groups is 1. The quantitative estimate of drug-likeness (QED) is 0.285. The van der Waals surface area contributed by atoms with E-state index < -0.39 is 5.60 Å². The number of benzene rings is 2. The fourth-order valence-electron chi connectivity index (χ4n) is 6.98. The lowest BCUT2D eigenvalue weighted by molar-refractivity contribution is -0.142. The first-order valence-corrected chi connectivity index (χ1v) is 16.6. The van der Waals surface area contributed by atoms with Gasteiger partial charge < -0.3 is 14.6 Å². The largest absolute Gasteiger partial charge is 0.388 e. The van der Waals surface area contributed by atoms with Crippen LogP contribution in [0.15, 0.2) is 89.4 Å². The van der Waals surface area contributed by atoms with Crippen LogP contribution in [0.25, 0.3) is 16.7 Å². The number of nitrogens with zero attached hydrogens (tertiary/aromatic N) is 6. The summed E-state index contributed by atoms with van der Waals surface area (Å²) in [5, 5.41) is 15.3. The summed E-state index contributed by atoms with van der Waals surface area (Å²) in [6, 6.07) is 22.0. The topological polar surface area (TPSA) is 96.5 Å². The first-order chi connectivity index (χ1) is 21.9. The smallest absolute Gasteiger partial charge is 0.262 e. The van der Waals surface area contributed by atoms with Crippen LogP contribution in [-0.2, 0) is 17.9 Å². The summed E-state index contributed by atoms with van der Waals surface area (Å²) in [6.45, 7) is 5.55. The summed E-state index contributed by atoms with van der Waals surface area (Å²) in [5.74, 6) is 0.141. The number of rotatable bonds is 7. The Morgan fingerprint density at radius 1 is 1.02 bits per heavy atom. The van der Waals surface area contributed by atoms with Crippen molar-refractivity contribution >= 4 is 28.3 Å². The van der Waals surface area contributed by atoms with Crippen molar-refractivity contribution in [2.75, 3.05) is 26.2 Å². The Morgan fingerprint density at radius 3 is 2.47 bits per heavy atom. The van der Waals surface area contributed by atoms with E-state index in [9.17, 15) is 14.7 Å². The van der Waals surface area contributed by atoms with Gasteiger partial charge in [0.15, 0.2) is 5.65 Å². The summed E-state index contributed by atoms with van der Waals surface area (Å²) in [5.41, 5.74) is 2.50. The van der Waals surface area contributed by atoms with Crippen LogP contribution in [0.2, 0.25) is 0 Å². The molecule has 2 aliphatic heterocycles. The zero-order chi connectivity index (χ0) is 31.0. The van der Waals surface area contributed by atoms with E-state index in [1.165, 1.54) is 16.5 Å². The lowest BCUT2D eigenvalue weighted by atomic mass is 9.79. The Balaban J connectivity index is 1.03. The zero-order valence-corrected chi connectivity index (χ0v) is 26.3. The number of piperidine rings is 2. The van der Waals surface area contributed by atoms with Crippen molar-refractivity contribution in [2.24, 2.45) is 5.92 Å². The minimum Gasteiger partial charge on any atom is -0.388 e. The molecule has 2 atom stereocenters. The van der Waals surface area contributed by atoms with E-state index in [1.54, 1.807) is 17.4 Å². The number of aryl methyl sites for hydroxylation is 1. The Bertz CT molecular complexity index is 1840.